The highest BCUT2D eigenvalue weighted by atomic mass is 19.1. The van der Waals surface area contributed by atoms with Crippen LogP contribution in [0.25, 0.3) is 22.3 Å². The lowest BCUT2D eigenvalue weighted by molar-refractivity contribution is 0.143. The van der Waals surface area contributed by atoms with Crippen molar-refractivity contribution >= 4 is 22.7 Å². The van der Waals surface area contributed by atoms with Crippen LogP contribution in [0.15, 0.2) is 42.6 Å². The quantitative estimate of drug-likeness (QED) is 0.417. The number of benzene rings is 2. The van der Waals surface area contributed by atoms with Gasteiger partial charge in [-0.2, -0.15) is 10.1 Å². The molecule has 0 aliphatic carbocycles. The smallest absolute Gasteiger partial charge is 0.229 e. The maximum Gasteiger partial charge on any atom is 0.229 e. The van der Waals surface area contributed by atoms with Crippen LogP contribution in [-0.2, 0) is 0 Å². The van der Waals surface area contributed by atoms with Crippen molar-refractivity contribution in [3.63, 3.8) is 0 Å². The second-order valence-electron chi connectivity index (χ2n) is 7.50. The number of H-pyrrole nitrogens is 1. The Kier molecular flexibility index (Phi) is 5.47. The van der Waals surface area contributed by atoms with Crippen LogP contribution in [0.2, 0.25) is 0 Å². The molecule has 9 heteroatoms. The van der Waals surface area contributed by atoms with Gasteiger partial charge in [-0.25, -0.2) is 13.8 Å². The number of anilines is 2. The summed E-state index contributed by atoms with van der Waals surface area (Å²) in [5, 5.41) is 20.4. The molecule has 3 N–H and O–H groups in total. The summed E-state index contributed by atoms with van der Waals surface area (Å²) in [6.45, 7) is 3.21. The molecule has 0 bridgehead atoms. The number of halogens is 2. The Labute approximate surface area is 182 Å². The second kappa shape index (κ2) is 8.24. The van der Waals surface area contributed by atoms with Crippen molar-refractivity contribution in [1.82, 2.24) is 20.2 Å². The highest BCUT2D eigenvalue weighted by molar-refractivity contribution is 5.92. The normalized spacial score (nSPS) is 11.2. The lowest BCUT2D eigenvalue weighted by Gasteiger charge is -2.09. The fraction of sp³-hybridized carbons (Fsp3) is 0.174. The summed E-state index contributed by atoms with van der Waals surface area (Å²) in [4.78, 5) is 8.55. The molecule has 0 amide bonds. The molecule has 0 atom stereocenters. The van der Waals surface area contributed by atoms with Crippen LogP contribution in [0, 0.1) is 23.5 Å². The minimum absolute atomic E-state index is 0.0465. The van der Waals surface area contributed by atoms with E-state index in [1.54, 1.807) is 45.4 Å². The molecule has 0 unspecified atom stereocenters. The van der Waals surface area contributed by atoms with Crippen molar-refractivity contribution in [2.24, 2.45) is 0 Å². The van der Waals surface area contributed by atoms with Crippen molar-refractivity contribution in [2.75, 3.05) is 12.4 Å². The first-order chi connectivity index (χ1) is 15.2. The maximum absolute atomic E-state index is 13.9. The van der Waals surface area contributed by atoms with Gasteiger partial charge in [-0.3, -0.25) is 5.10 Å². The van der Waals surface area contributed by atoms with E-state index in [0.29, 0.717) is 33.6 Å². The Balaban J connectivity index is 1.72. The lowest BCUT2D eigenvalue weighted by atomic mass is 10.0. The van der Waals surface area contributed by atoms with E-state index in [2.05, 4.69) is 37.3 Å². The van der Waals surface area contributed by atoms with Crippen molar-refractivity contribution in [3.8, 4) is 28.8 Å². The molecule has 7 nitrogen and oxygen atoms in total. The molecule has 0 saturated heterocycles. The Bertz CT molecular complexity index is 1370. The minimum atomic E-state index is -1.12. The van der Waals surface area contributed by atoms with Crippen LogP contribution in [0.3, 0.4) is 0 Å². The number of aliphatic hydroxyl groups is 1. The summed E-state index contributed by atoms with van der Waals surface area (Å²) >= 11 is 0. The third-order valence-corrected chi connectivity index (χ3v) is 4.46. The molecule has 0 fully saturated rings. The monoisotopic (exact) mass is 435 g/mol. The van der Waals surface area contributed by atoms with Crippen LogP contribution in [0.5, 0.6) is 5.75 Å². The summed E-state index contributed by atoms with van der Waals surface area (Å²) in [6, 6.07) is 8.52. The maximum atomic E-state index is 13.9. The van der Waals surface area contributed by atoms with E-state index in [0.717, 1.165) is 12.1 Å². The van der Waals surface area contributed by atoms with Gasteiger partial charge in [-0.05, 0) is 44.2 Å². The van der Waals surface area contributed by atoms with E-state index in [4.69, 9.17) is 4.74 Å². The summed E-state index contributed by atoms with van der Waals surface area (Å²) in [6.07, 6.45) is 1.54. The van der Waals surface area contributed by atoms with Crippen LogP contribution in [0.4, 0.5) is 20.4 Å². The number of methoxy groups -OCH3 is 1. The first-order valence-electron chi connectivity index (χ1n) is 9.60. The van der Waals surface area contributed by atoms with E-state index in [1.165, 1.54) is 6.07 Å². The van der Waals surface area contributed by atoms with E-state index < -0.39 is 17.2 Å². The van der Waals surface area contributed by atoms with Gasteiger partial charge in [0.2, 0.25) is 5.95 Å². The first kappa shape index (κ1) is 21.2. The van der Waals surface area contributed by atoms with Crippen LogP contribution in [-0.4, -0.2) is 38.0 Å². The molecule has 2 heterocycles. The summed E-state index contributed by atoms with van der Waals surface area (Å²) in [7, 11) is 1.55. The average Bonchev–Trinajstić information content (AvgIpc) is 3.16. The lowest BCUT2D eigenvalue weighted by Crippen LogP contribution is -2.14. The predicted octanol–water partition coefficient (Wildman–Crippen LogP) is 4.17. The molecule has 4 aromatic rings. The Morgan fingerprint density at radius 2 is 1.97 bits per heavy atom. The molecule has 4 rings (SSSR count). The largest absolute Gasteiger partial charge is 0.496 e. The number of hydrogen-bond donors (Lipinski definition) is 3. The number of nitrogens with zero attached hydrogens (tertiary/aromatic N) is 3. The number of fused-ring (bicyclic) bond motifs is 1. The predicted molar refractivity (Wildman–Crippen MR) is 116 cm³/mol. The second-order valence-corrected chi connectivity index (χ2v) is 7.50. The van der Waals surface area contributed by atoms with Crippen molar-refractivity contribution in [1.29, 1.82) is 0 Å². The van der Waals surface area contributed by atoms with Gasteiger partial charge in [0, 0.05) is 23.4 Å². The Morgan fingerprint density at radius 3 is 2.69 bits per heavy atom. The van der Waals surface area contributed by atoms with E-state index in [9.17, 15) is 13.9 Å². The fourth-order valence-corrected chi connectivity index (χ4v) is 2.98. The van der Waals surface area contributed by atoms with Gasteiger partial charge in [0.25, 0.3) is 0 Å². The zero-order valence-electron chi connectivity index (χ0n) is 17.5. The molecular weight excluding hydrogens is 416 g/mol. The zero-order valence-corrected chi connectivity index (χ0v) is 17.5. The highest BCUT2D eigenvalue weighted by Gasteiger charge is 2.16. The van der Waals surface area contributed by atoms with Crippen molar-refractivity contribution < 1.29 is 18.6 Å². The first-order valence-corrected chi connectivity index (χ1v) is 9.60. The number of hydrogen-bond acceptors (Lipinski definition) is 6. The molecule has 0 aliphatic heterocycles. The molecule has 0 aliphatic rings. The molecule has 2 aromatic heterocycles. The van der Waals surface area contributed by atoms with Gasteiger partial charge < -0.3 is 15.2 Å². The number of aromatic amines is 1. The number of aromatic nitrogens is 4. The molecule has 162 valence electrons. The summed E-state index contributed by atoms with van der Waals surface area (Å²) in [5.74, 6) is 4.97. The third kappa shape index (κ3) is 4.50. The van der Waals surface area contributed by atoms with E-state index >= 15 is 0 Å². The third-order valence-electron chi connectivity index (χ3n) is 4.46. The standard InChI is InChI=1S/C23H19F2N5O2/c1-23(2,31)9-8-13-4-7-19(32-3)15(10-13)20-16-12-26-22(28-21(16)30-29-20)27-18-6-5-14(24)11-17(18)25/h4-7,10-12,31H,1-3H3,(H2,26,27,28,29,30). The zero-order chi connectivity index (χ0) is 22.9. The van der Waals surface area contributed by atoms with Gasteiger partial charge in [0.15, 0.2) is 5.65 Å². The Hall–Kier alpha value is -4.03. The van der Waals surface area contributed by atoms with Crippen LogP contribution in [0.1, 0.15) is 19.4 Å². The number of rotatable bonds is 4. The molecular formula is C23H19F2N5O2. The summed E-state index contributed by atoms with van der Waals surface area (Å²) in [5.41, 5.74) is 1.21. The summed E-state index contributed by atoms with van der Waals surface area (Å²) < 4.78 is 32.5. The molecule has 0 spiro atoms. The number of ether oxygens (including phenoxy) is 1. The van der Waals surface area contributed by atoms with E-state index in [1.807, 2.05) is 0 Å². The van der Waals surface area contributed by atoms with Crippen LogP contribution < -0.4 is 10.1 Å². The van der Waals surface area contributed by atoms with E-state index in [-0.39, 0.29) is 11.6 Å². The topological polar surface area (TPSA) is 96.0 Å². The van der Waals surface area contributed by atoms with Crippen molar-refractivity contribution in [2.45, 2.75) is 19.4 Å². The van der Waals surface area contributed by atoms with Gasteiger partial charge in [-0.15, -0.1) is 0 Å². The van der Waals surface area contributed by atoms with Gasteiger partial charge >= 0.3 is 0 Å². The highest BCUT2D eigenvalue weighted by Crippen LogP contribution is 2.34. The Morgan fingerprint density at radius 1 is 1.16 bits per heavy atom. The molecule has 32 heavy (non-hydrogen) atoms. The van der Waals surface area contributed by atoms with Gasteiger partial charge in [0.1, 0.15) is 28.7 Å². The number of nitrogens with one attached hydrogen (secondary N) is 2. The molecule has 2 aromatic carbocycles. The van der Waals surface area contributed by atoms with Crippen LogP contribution >= 0.6 is 0 Å². The average molecular weight is 435 g/mol. The fourth-order valence-electron chi connectivity index (χ4n) is 2.98. The SMILES string of the molecule is COc1ccc(C#CC(C)(C)O)cc1-c1n[nH]c2nc(Nc3ccc(F)cc3F)ncc12. The minimum Gasteiger partial charge on any atom is -0.496 e. The van der Waals surface area contributed by atoms with Gasteiger partial charge in [-0.1, -0.05) is 11.8 Å². The van der Waals surface area contributed by atoms with Gasteiger partial charge in [0.05, 0.1) is 18.2 Å². The van der Waals surface area contributed by atoms with Crippen molar-refractivity contribution in [3.05, 3.63) is 59.8 Å². The molecule has 0 saturated carbocycles. The molecule has 0 radical (unpaired) electrons.